The van der Waals surface area contributed by atoms with E-state index in [-0.39, 0.29) is 22.0 Å². The van der Waals surface area contributed by atoms with Gasteiger partial charge in [0.1, 0.15) is 11.2 Å². The maximum atomic E-state index is 12.2. The molecular formula is C12H18ClO5PS. The van der Waals surface area contributed by atoms with Crippen molar-refractivity contribution in [3.8, 4) is 0 Å². The predicted octanol–water partition coefficient (Wildman–Crippen LogP) is 3.42. The molecule has 0 aliphatic heterocycles. The van der Waals surface area contributed by atoms with Gasteiger partial charge < -0.3 is 4.89 Å². The van der Waals surface area contributed by atoms with Crippen LogP contribution in [0.2, 0.25) is 5.02 Å². The first-order chi connectivity index (χ1) is 9.10. The molecule has 0 bridgehead atoms. The van der Waals surface area contributed by atoms with Gasteiger partial charge in [0.05, 0.1) is 5.02 Å². The normalized spacial score (nSPS) is 15.3. The zero-order chi connectivity index (χ0) is 15.6. The van der Waals surface area contributed by atoms with E-state index < -0.39 is 23.8 Å². The van der Waals surface area contributed by atoms with Crippen molar-refractivity contribution in [3.05, 3.63) is 28.8 Å². The third-order valence-electron chi connectivity index (χ3n) is 2.77. The highest BCUT2D eigenvalue weighted by atomic mass is 35.5. The molecule has 0 saturated carbocycles. The third-order valence-corrected chi connectivity index (χ3v) is 6.28. The second-order valence-corrected chi connectivity index (χ2v) is 9.22. The lowest BCUT2D eigenvalue weighted by molar-refractivity contribution is 0.346. The van der Waals surface area contributed by atoms with Crippen molar-refractivity contribution < 1.29 is 22.1 Å². The van der Waals surface area contributed by atoms with Crippen LogP contribution < -0.4 is 0 Å². The number of benzene rings is 1. The summed E-state index contributed by atoms with van der Waals surface area (Å²) in [4.78, 5) is 9.28. The van der Waals surface area contributed by atoms with E-state index in [1.807, 2.05) is 13.8 Å². The fourth-order valence-corrected chi connectivity index (χ4v) is 4.42. The SMILES string of the molecule is CCP(=O)(O)COS(=O)(=O)c1c(Cl)cccc1C(C)C. The summed E-state index contributed by atoms with van der Waals surface area (Å²) in [6, 6.07) is 4.74. The minimum absolute atomic E-state index is 0.0421. The molecule has 8 heteroatoms. The number of rotatable bonds is 6. The largest absolute Gasteiger partial charge is 0.343 e. The second kappa shape index (κ2) is 6.58. The van der Waals surface area contributed by atoms with Crippen LogP contribution in [0, 0.1) is 0 Å². The van der Waals surface area contributed by atoms with Crippen LogP contribution in [0.5, 0.6) is 0 Å². The highest BCUT2D eigenvalue weighted by Gasteiger charge is 2.27. The average Bonchev–Trinajstić information content (AvgIpc) is 2.36. The predicted molar refractivity (Wildman–Crippen MR) is 79.0 cm³/mol. The maximum Gasteiger partial charge on any atom is 0.299 e. The van der Waals surface area contributed by atoms with Gasteiger partial charge in [-0.15, -0.1) is 0 Å². The van der Waals surface area contributed by atoms with E-state index >= 15 is 0 Å². The van der Waals surface area contributed by atoms with Gasteiger partial charge in [-0.3, -0.25) is 8.75 Å². The summed E-state index contributed by atoms with van der Waals surface area (Å²) in [7, 11) is -7.76. The molecule has 1 atom stereocenters. The van der Waals surface area contributed by atoms with Crippen molar-refractivity contribution in [2.24, 2.45) is 0 Å². The molecule has 1 rings (SSSR count). The summed E-state index contributed by atoms with van der Waals surface area (Å²) in [6.07, 6.45) is -0.795. The molecule has 20 heavy (non-hydrogen) atoms. The molecule has 1 N–H and O–H groups in total. The molecule has 1 aromatic rings. The number of hydrogen-bond donors (Lipinski definition) is 1. The molecule has 0 saturated heterocycles. The van der Waals surface area contributed by atoms with Crippen molar-refractivity contribution in [1.29, 1.82) is 0 Å². The Labute approximate surface area is 124 Å². The van der Waals surface area contributed by atoms with Gasteiger partial charge in [-0.2, -0.15) is 8.42 Å². The van der Waals surface area contributed by atoms with Crippen molar-refractivity contribution in [1.82, 2.24) is 0 Å². The van der Waals surface area contributed by atoms with Crippen molar-refractivity contribution in [3.63, 3.8) is 0 Å². The van der Waals surface area contributed by atoms with E-state index in [1.165, 1.54) is 13.0 Å². The van der Waals surface area contributed by atoms with Gasteiger partial charge in [0.2, 0.25) is 7.37 Å². The van der Waals surface area contributed by atoms with E-state index in [0.717, 1.165) is 0 Å². The highest BCUT2D eigenvalue weighted by molar-refractivity contribution is 7.87. The van der Waals surface area contributed by atoms with E-state index in [1.54, 1.807) is 12.1 Å². The van der Waals surface area contributed by atoms with E-state index in [9.17, 15) is 17.9 Å². The van der Waals surface area contributed by atoms with Crippen LogP contribution in [0.15, 0.2) is 23.1 Å². The van der Waals surface area contributed by atoms with Gasteiger partial charge in [-0.05, 0) is 17.5 Å². The van der Waals surface area contributed by atoms with Crippen molar-refractivity contribution >= 4 is 29.1 Å². The Hall–Kier alpha value is -0.390. The lowest BCUT2D eigenvalue weighted by Crippen LogP contribution is -2.12. The van der Waals surface area contributed by atoms with Gasteiger partial charge >= 0.3 is 0 Å². The zero-order valence-corrected chi connectivity index (χ0v) is 14.0. The van der Waals surface area contributed by atoms with E-state index in [4.69, 9.17) is 15.8 Å². The fraction of sp³-hybridized carbons (Fsp3) is 0.500. The Morgan fingerprint density at radius 1 is 1.40 bits per heavy atom. The van der Waals surface area contributed by atoms with Gasteiger partial charge in [-0.1, -0.05) is 44.5 Å². The summed E-state index contributed by atoms with van der Waals surface area (Å²) in [5.41, 5.74) is 0.516. The monoisotopic (exact) mass is 340 g/mol. The Morgan fingerprint density at radius 2 is 2.00 bits per heavy atom. The van der Waals surface area contributed by atoms with Crippen LogP contribution in [0.3, 0.4) is 0 Å². The van der Waals surface area contributed by atoms with Crippen LogP contribution in [-0.4, -0.2) is 25.8 Å². The Morgan fingerprint density at radius 3 is 2.50 bits per heavy atom. The Balaban J connectivity index is 3.20. The molecule has 0 aliphatic rings. The molecule has 1 aromatic carbocycles. The Bertz CT molecular complexity index is 627. The van der Waals surface area contributed by atoms with Crippen molar-refractivity contribution in [2.75, 3.05) is 12.5 Å². The standard InChI is InChI=1S/C12H18ClO5PS/c1-4-19(14,15)8-18-20(16,17)12-10(9(2)3)6-5-7-11(12)13/h5-7,9H,4,8H2,1-3H3,(H,14,15). The molecule has 0 amide bonds. The topological polar surface area (TPSA) is 80.7 Å². The van der Waals surface area contributed by atoms with Gasteiger partial charge in [0.15, 0.2) is 0 Å². The molecule has 1 unspecified atom stereocenters. The first-order valence-corrected chi connectivity index (χ1v) is 9.91. The average molecular weight is 341 g/mol. The molecule has 0 fully saturated rings. The first kappa shape index (κ1) is 17.7. The summed E-state index contributed by atoms with van der Waals surface area (Å²) in [5, 5.41) is 0.0421. The van der Waals surface area contributed by atoms with Gasteiger partial charge in [0, 0.05) is 6.16 Å². The van der Waals surface area contributed by atoms with Crippen LogP contribution in [0.4, 0.5) is 0 Å². The highest BCUT2D eigenvalue weighted by Crippen LogP contribution is 2.41. The molecule has 0 spiro atoms. The van der Waals surface area contributed by atoms with E-state index in [2.05, 4.69) is 0 Å². The minimum Gasteiger partial charge on any atom is -0.343 e. The fourth-order valence-electron chi connectivity index (χ4n) is 1.55. The van der Waals surface area contributed by atoms with Crippen LogP contribution >= 0.6 is 19.0 Å². The molecule has 5 nitrogen and oxygen atoms in total. The lowest BCUT2D eigenvalue weighted by atomic mass is 10.0. The van der Waals surface area contributed by atoms with Crippen molar-refractivity contribution in [2.45, 2.75) is 31.6 Å². The van der Waals surface area contributed by atoms with Crippen LogP contribution in [-0.2, 0) is 18.9 Å². The molecule has 0 aromatic heterocycles. The van der Waals surface area contributed by atoms with E-state index in [0.29, 0.717) is 5.56 Å². The molecule has 0 aliphatic carbocycles. The summed E-state index contributed by atoms with van der Waals surface area (Å²) in [5.74, 6) is -0.0748. The Kier molecular flexibility index (Phi) is 5.81. The minimum atomic E-state index is -4.17. The summed E-state index contributed by atoms with van der Waals surface area (Å²) < 4.78 is 40.6. The lowest BCUT2D eigenvalue weighted by Gasteiger charge is -2.15. The zero-order valence-electron chi connectivity index (χ0n) is 11.5. The summed E-state index contributed by atoms with van der Waals surface area (Å²) in [6.45, 7) is 5.15. The summed E-state index contributed by atoms with van der Waals surface area (Å²) >= 11 is 5.95. The molecular weight excluding hydrogens is 323 g/mol. The molecule has 114 valence electrons. The van der Waals surface area contributed by atoms with Crippen LogP contribution in [0.1, 0.15) is 32.3 Å². The molecule has 0 heterocycles. The molecule has 0 radical (unpaired) electrons. The number of halogens is 1. The number of hydrogen-bond acceptors (Lipinski definition) is 4. The quantitative estimate of drug-likeness (QED) is 0.634. The third kappa shape index (κ3) is 4.30. The maximum absolute atomic E-state index is 12.2. The van der Waals surface area contributed by atoms with Gasteiger partial charge in [0.25, 0.3) is 10.1 Å². The smallest absolute Gasteiger partial charge is 0.299 e. The van der Waals surface area contributed by atoms with Gasteiger partial charge in [-0.25, -0.2) is 0 Å². The van der Waals surface area contributed by atoms with Crippen LogP contribution in [0.25, 0.3) is 0 Å². The first-order valence-electron chi connectivity index (χ1n) is 6.09. The second-order valence-electron chi connectivity index (χ2n) is 4.68.